The molecule has 1 heterocycles. The van der Waals surface area contributed by atoms with Crippen LogP contribution in [0.4, 0.5) is 4.39 Å². The number of nitrogens with zero attached hydrogens (tertiary/aromatic N) is 1. The Balaban J connectivity index is 0.00000225. The van der Waals surface area contributed by atoms with Crippen molar-refractivity contribution in [2.45, 2.75) is 12.5 Å². The molecule has 25 heavy (non-hydrogen) atoms. The number of fused-ring (bicyclic) bond motifs is 1. The fourth-order valence-electron chi connectivity index (χ4n) is 2.60. The molecule has 1 aliphatic rings. The summed E-state index contributed by atoms with van der Waals surface area (Å²) in [6.07, 6.45) is 0.818. The highest BCUT2D eigenvalue weighted by Crippen LogP contribution is 2.31. The molecule has 1 unspecified atom stereocenters. The van der Waals surface area contributed by atoms with Crippen LogP contribution in [0, 0.1) is 5.82 Å². The highest BCUT2D eigenvalue weighted by Gasteiger charge is 2.21. The summed E-state index contributed by atoms with van der Waals surface area (Å²) < 4.78 is 24.4. The van der Waals surface area contributed by atoms with Gasteiger partial charge in [0.1, 0.15) is 12.4 Å². The number of hydrogen-bond donors (Lipinski definition) is 2. The molecule has 0 saturated carbocycles. The van der Waals surface area contributed by atoms with E-state index in [0.29, 0.717) is 19.1 Å². The summed E-state index contributed by atoms with van der Waals surface area (Å²) >= 11 is 0. The van der Waals surface area contributed by atoms with Gasteiger partial charge in [0.25, 0.3) is 0 Å². The Hall–Kier alpha value is -2.03. The van der Waals surface area contributed by atoms with Gasteiger partial charge in [-0.2, -0.15) is 0 Å². The van der Waals surface area contributed by atoms with Crippen LogP contribution >= 0.6 is 24.0 Å². The van der Waals surface area contributed by atoms with Crippen LogP contribution in [0.5, 0.6) is 11.5 Å². The Bertz CT molecular complexity index is 727. The second kappa shape index (κ2) is 9.45. The highest BCUT2D eigenvalue weighted by molar-refractivity contribution is 14.0. The maximum Gasteiger partial charge on any atom is 0.189 e. The first-order chi connectivity index (χ1) is 11.7. The van der Waals surface area contributed by atoms with Crippen molar-refractivity contribution in [2.75, 3.05) is 19.8 Å². The summed E-state index contributed by atoms with van der Waals surface area (Å²) in [5, 5.41) is 3.20. The average molecular weight is 457 g/mol. The number of nitrogens with two attached hydrogens (primary N) is 1. The zero-order valence-corrected chi connectivity index (χ0v) is 16.0. The molecule has 5 nitrogen and oxygen atoms in total. The largest absolute Gasteiger partial charge is 0.493 e. The molecule has 0 aliphatic carbocycles. The Morgan fingerprint density at radius 2 is 2.00 bits per heavy atom. The molecule has 1 atom stereocenters. The topological polar surface area (TPSA) is 68.9 Å². The van der Waals surface area contributed by atoms with E-state index in [1.54, 1.807) is 18.2 Å². The van der Waals surface area contributed by atoms with E-state index in [4.69, 9.17) is 15.2 Å². The molecule has 3 N–H and O–H groups in total. The van der Waals surface area contributed by atoms with Gasteiger partial charge in [0.05, 0.1) is 19.2 Å². The van der Waals surface area contributed by atoms with Crippen molar-refractivity contribution >= 4 is 29.9 Å². The average Bonchev–Trinajstić information content (AvgIpc) is 2.60. The van der Waals surface area contributed by atoms with Crippen molar-refractivity contribution in [2.24, 2.45) is 10.7 Å². The lowest BCUT2D eigenvalue weighted by Crippen LogP contribution is -2.37. The Labute approximate surface area is 163 Å². The zero-order valence-electron chi connectivity index (χ0n) is 13.7. The van der Waals surface area contributed by atoms with E-state index < -0.39 is 0 Å². The second-order valence-electron chi connectivity index (χ2n) is 5.42. The van der Waals surface area contributed by atoms with Crippen LogP contribution in [0.25, 0.3) is 0 Å². The van der Waals surface area contributed by atoms with Crippen molar-refractivity contribution in [3.05, 3.63) is 59.9 Å². The van der Waals surface area contributed by atoms with Gasteiger partial charge >= 0.3 is 0 Å². The van der Waals surface area contributed by atoms with Gasteiger partial charge in [-0.25, -0.2) is 9.38 Å². The van der Waals surface area contributed by atoms with Crippen LogP contribution in [0.15, 0.2) is 53.5 Å². The molecule has 0 saturated heterocycles. The first-order valence-corrected chi connectivity index (χ1v) is 7.89. The van der Waals surface area contributed by atoms with Gasteiger partial charge in [-0.05, 0) is 18.2 Å². The molecule has 3 rings (SSSR count). The van der Waals surface area contributed by atoms with E-state index in [0.717, 1.165) is 17.7 Å². The lowest BCUT2D eigenvalue weighted by molar-refractivity contribution is 0.262. The van der Waals surface area contributed by atoms with Crippen LogP contribution in [0.2, 0.25) is 0 Å². The lowest BCUT2D eigenvalue weighted by Gasteiger charge is -2.26. The van der Waals surface area contributed by atoms with Gasteiger partial charge < -0.3 is 20.5 Å². The van der Waals surface area contributed by atoms with Crippen molar-refractivity contribution < 1.29 is 13.9 Å². The van der Waals surface area contributed by atoms with Crippen LogP contribution in [0.1, 0.15) is 18.0 Å². The first kappa shape index (κ1) is 19.3. The maximum absolute atomic E-state index is 13.4. The van der Waals surface area contributed by atoms with Crippen LogP contribution in [-0.2, 0) is 0 Å². The fraction of sp³-hybridized carbons (Fsp3) is 0.278. The molecule has 2 aromatic carbocycles. The highest BCUT2D eigenvalue weighted by atomic mass is 127. The minimum Gasteiger partial charge on any atom is -0.493 e. The summed E-state index contributed by atoms with van der Waals surface area (Å²) in [5.74, 6) is 1.05. The van der Waals surface area contributed by atoms with Crippen molar-refractivity contribution in [3.8, 4) is 11.5 Å². The van der Waals surface area contributed by atoms with Gasteiger partial charge in [-0.3, -0.25) is 0 Å². The molecule has 0 bridgehead atoms. The molecule has 0 radical (unpaired) electrons. The molecule has 2 aromatic rings. The molecule has 1 aliphatic heterocycles. The standard InChI is InChI=1S/C18H20FN3O2.HI/c19-14-6-2-4-8-17(14)24-12-10-21-18(20)22-15-9-11-23-16-7-3-1-5-13(15)16;/h1-8,15H,9-12H2,(H3,20,21,22);1H. The number of hydrogen-bond acceptors (Lipinski definition) is 3. The van der Waals surface area contributed by atoms with Crippen molar-refractivity contribution in [1.82, 2.24) is 5.32 Å². The van der Waals surface area contributed by atoms with Gasteiger partial charge in [0, 0.05) is 12.0 Å². The number of guanidine groups is 1. The fourth-order valence-corrected chi connectivity index (χ4v) is 2.60. The molecule has 0 fully saturated rings. The number of benzene rings is 2. The van der Waals surface area contributed by atoms with Gasteiger partial charge in [0.2, 0.25) is 0 Å². The van der Waals surface area contributed by atoms with Crippen molar-refractivity contribution in [1.29, 1.82) is 0 Å². The summed E-state index contributed by atoms with van der Waals surface area (Å²) in [4.78, 5) is 4.23. The van der Waals surface area contributed by atoms with E-state index in [1.807, 2.05) is 24.3 Å². The number of para-hydroxylation sites is 2. The normalized spacial score (nSPS) is 16.2. The molecule has 7 heteroatoms. The Kier molecular flexibility index (Phi) is 7.30. The number of ether oxygens (including phenoxy) is 2. The SMILES string of the molecule is I.NC(=NCCOc1ccccc1F)NC1CCOc2ccccc21. The van der Waals surface area contributed by atoms with E-state index >= 15 is 0 Å². The third-order valence-corrected chi connectivity index (χ3v) is 3.75. The van der Waals surface area contributed by atoms with Gasteiger partial charge in [-0.1, -0.05) is 30.3 Å². The third-order valence-electron chi connectivity index (χ3n) is 3.75. The summed E-state index contributed by atoms with van der Waals surface area (Å²) in [6.45, 7) is 1.24. The predicted molar refractivity (Wildman–Crippen MR) is 106 cm³/mol. The molecule has 0 aromatic heterocycles. The maximum atomic E-state index is 13.4. The van der Waals surface area contributed by atoms with Crippen molar-refractivity contribution in [3.63, 3.8) is 0 Å². The third kappa shape index (κ3) is 5.22. The smallest absolute Gasteiger partial charge is 0.189 e. The Morgan fingerprint density at radius 3 is 2.84 bits per heavy atom. The van der Waals surface area contributed by atoms with Crippen LogP contribution in [-0.4, -0.2) is 25.7 Å². The van der Waals surface area contributed by atoms with E-state index in [2.05, 4.69) is 10.3 Å². The second-order valence-corrected chi connectivity index (χ2v) is 5.42. The molecular weight excluding hydrogens is 436 g/mol. The van der Waals surface area contributed by atoms with E-state index in [9.17, 15) is 4.39 Å². The zero-order chi connectivity index (χ0) is 16.8. The van der Waals surface area contributed by atoms with Gasteiger partial charge in [0.15, 0.2) is 17.5 Å². The quantitative estimate of drug-likeness (QED) is 0.313. The van der Waals surface area contributed by atoms with Crippen LogP contribution in [0.3, 0.4) is 0 Å². The monoisotopic (exact) mass is 457 g/mol. The molecule has 0 spiro atoms. The molecule has 0 amide bonds. The number of nitrogens with one attached hydrogen (secondary N) is 1. The predicted octanol–water partition coefficient (Wildman–Crippen LogP) is 3.25. The number of aliphatic imine (C=N–C) groups is 1. The minimum atomic E-state index is -0.383. The van der Waals surface area contributed by atoms with Crippen LogP contribution < -0.4 is 20.5 Å². The Morgan fingerprint density at radius 1 is 1.24 bits per heavy atom. The number of halogens is 2. The summed E-state index contributed by atoms with van der Waals surface area (Å²) in [6, 6.07) is 14.2. The molecule has 134 valence electrons. The summed E-state index contributed by atoms with van der Waals surface area (Å²) in [5.41, 5.74) is 7.01. The minimum absolute atomic E-state index is 0. The number of rotatable bonds is 5. The first-order valence-electron chi connectivity index (χ1n) is 7.89. The van der Waals surface area contributed by atoms with E-state index in [-0.39, 0.29) is 48.2 Å². The van der Waals surface area contributed by atoms with Gasteiger partial charge in [-0.15, -0.1) is 24.0 Å². The van der Waals surface area contributed by atoms with E-state index in [1.165, 1.54) is 6.07 Å². The summed E-state index contributed by atoms with van der Waals surface area (Å²) in [7, 11) is 0. The molecular formula is C18H21FIN3O2. The lowest BCUT2D eigenvalue weighted by atomic mass is 10.0.